The van der Waals surface area contributed by atoms with Gasteiger partial charge < -0.3 is 5.73 Å². The van der Waals surface area contributed by atoms with Crippen LogP contribution in [0, 0.1) is 5.92 Å². The Morgan fingerprint density at radius 3 is 2.93 bits per heavy atom. The van der Waals surface area contributed by atoms with Crippen molar-refractivity contribution in [1.29, 1.82) is 0 Å². The zero-order valence-electron chi connectivity index (χ0n) is 8.19. The summed E-state index contributed by atoms with van der Waals surface area (Å²) in [7, 11) is 0. The lowest BCUT2D eigenvalue weighted by molar-refractivity contribution is 0.378. The zero-order valence-corrected chi connectivity index (χ0v) is 8.19. The average Bonchev–Trinajstić information content (AvgIpc) is 2.24. The second kappa shape index (κ2) is 2.96. The molecule has 0 saturated carbocycles. The molecule has 2 N–H and O–H groups in total. The number of hydrogen-bond donors (Lipinski definition) is 1. The number of hydrogen-bond acceptors (Lipinski definition) is 1. The predicted molar refractivity (Wildman–Crippen MR) is 58.1 cm³/mol. The Bertz CT molecular complexity index is 381. The van der Waals surface area contributed by atoms with Gasteiger partial charge in [0.25, 0.3) is 0 Å². The molecule has 1 nitrogen and oxygen atoms in total. The maximum Gasteiger partial charge on any atom is 0.0256 e. The zero-order chi connectivity index (χ0) is 9.54. The van der Waals surface area contributed by atoms with Gasteiger partial charge in [0.1, 0.15) is 0 Å². The van der Waals surface area contributed by atoms with Gasteiger partial charge in [0.05, 0.1) is 0 Å². The number of rotatable bonds is 0. The Morgan fingerprint density at radius 2 is 2.00 bits per heavy atom. The SMILES string of the molecule is N[C@@H]1C=C[C@@H]2C[C@H]1Cc1ccccc12. The van der Waals surface area contributed by atoms with Gasteiger partial charge in [-0.3, -0.25) is 0 Å². The third kappa shape index (κ3) is 1.12. The second-order valence-corrected chi connectivity index (χ2v) is 4.47. The van der Waals surface area contributed by atoms with Gasteiger partial charge in [-0.2, -0.15) is 0 Å². The van der Waals surface area contributed by atoms with Gasteiger partial charge in [-0.1, -0.05) is 36.4 Å². The fourth-order valence-corrected chi connectivity index (χ4v) is 2.80. The highest BCUT2D eigenvalue weighted by molar-refractivity contribution is 5.38. The molecule has 0 radical (unpaired) electrons. The third-order valence-electron chi connectivity index (χ3n) is 3.60. The molecule has 3 atom stereocenters. The van der Waals surface area contributed by atoms with Crippen molar-refractivity contribution < 1.29 is 0 Å². The maximum atomic E-state index is 6.06. The van der Waals surface area contributed by atoms with E-state index in [1.54, 1.807) is 0 Å². The first-order chi connectivity index (χ1) is 6.84. The molecule has 2 bridgehead atoms. The maximum absolute atomic E-state index is 6.06. The number of allylic oxidation sites excluding steroid dienone is 1. The van der Waals surface area contributed by atoms with Crippen LogP contribution >= 0.6 is 0 Å². The third-order valence-corrected chi connectivity index (χ3v) is 3.60. The van der Waals surface area contributed by atoms with E-state index in [2.05, 4.69) is 36.4 Å². The lowest BCUT2D eigenvalue weighted by Gasteiger charge is -2.36. The van der Waals surface area contributed by atoms with Crippen LogP contribution in [0.5, 0.6) is 0 Å². The molecule has 3 rings (SSSR count). The molecule has 0 saturated heterocycles. The van der Waals surface area contributed by atoms with Crippen LogP contribution in [0.2, 0.25) is 0 Å². The van der Waals surface area contributed by atoms with E-state index < -0.39 is 0 Å². The summed E-state index contributed by atoms with van der Waals surface area (Å²) in [6.07, 6.45) is 6.89. The van der Waals surface area contributed by atoms with E-state index in [4.69, 9.17) is 5.73 Å². The van der Waals surface area contributed by atoms with Crippen molar-refractivity contribution in [2.75, 3.05) is 0 Å². The van der Waals surface area contributed by atoms with Gasteiger partial charge in [0, 0.05) is 12.0 Å². The molecule has 1 aromatic carbocycles. The fraction of sp³-hybridized carbons (Fsp3) is 0.385. The van der Waals surface area contributed by atoms with Crippen LogP contribution in [0.1, 0.15) is 23.5 Å². The second-order valence-electron chi connectivity index (χ2n) is 4.47. The fourth-order valence-electron chi connectivity index (χ4n) is 2.80. The Hall–Kier alpha value is -1.08. The standard InChI is InChI=1S/C13H15N/c14-13-6-5-10-8-11(13)7-9-3-1-2-4-12(9)10/h1-6,10-11,13H,7-8,14H2/t10-,11-,13-/m1/s1. The van der Waals surface area contributed by atoms with E-state index in [-0.39, 0.29) is 6.04 Å². The van der Waals surface area contributed by atoms with E-state index in [0.717, 1.165) is 6.42 Å². The molecule has 2 aliphatic rings. The Morgan fingerprint density at radius 1 is 1.14 bits per heavy atom. The van der Waals surface area contributed by atoms with Gasteiger partial charge >= 0.3 is 0 Å². The van der Waals surface area contributed by atoms with E-state index in [0.29, 0.717) is 11.8 Å². The highest BCUT2D eigenvalue weighted by Gasteiger charge is 2.30. The molecule has 72 valence electrons. The first kappa shape index (κ1) is 8.25. The van der Waals surface area contributed by atoms with Crippen molar-refractivity contribution in [3.05, 3.63) is 47.5 Å². The quantitative estimate of drug-likeness (QED) is 0.616. The minimum atomic E-state index is 0.277. The summed E-state index contributed by atoms with van der Waals surface area (Å²) in [6.45, 7) is 0. The van der Waals surface area contributed by atoms with Crippen molar-refractivity contribution in [2.24, 2.45) is 11.7 Å². The van der Waals surface area contributed by atoms with E-state index in [9.17, 15) is 0 Å². The average molecular weight is 185 g/mol. The molecular formula is C13H15N. The molecule has 2 aliphatic carbocycles. The number of fused-ring (bicyclic) bond motifs is 4. The van der Waals surface area contributed by atoms with Gasteiger partial charge in [0.15, 0.2) is 0 Å². The topological polar surface area (TPSA) is 26.0 Å². The molecule has 14 heavy (non-hydrogen) atoms. The van der Waals surface area contributed by atoms with Crippen molar-refractivity contribution in [2.45, 2.75) is 24.8 Å². The predicted octanol–water partition coefficient (Wildman–Crippen LogP) is 2.23. The molecule has 0 heterocycles. The molecule has 0 amide bonds. The molecular weight excluding hydrogens is 170 g/mol. The molecule has 0 aliphatic heterocycles. The normalized spacial score (nSPS) is 33.9. The number of nitrogens with two attached hydrogens (primary N) is 1. The molecule has 0 unspecified atom stereocenters. The van der Waals surface area contributed by atoms with Crippen LogP contribution in [-0.2, 0) is 6.42 Å². The summed E-state index contributed by atoms with van der Waals surface area (Å²) < 4.78 is 0. The van der Waals surface area contributed by atoms with Crippen molar-refractivity contribution in [1.82, 2.24) is 0 Å². The van der Waals surface area contributed by atoms with Crippen LogP contribution < -0.4 is 5.73 Å². The van der Waals surface area contributed by atoms with Gasteiger partial charge in [-0.15, -0.1) is 0 Å². The van der Waals surface area contributed by atoms with Crippen molar-refractivity contribution >= 4 is 0 Å². The first-order valence-electron chi connectivity index (χ1n) is 5.36. The highest BCUT2D eigenvalue weighted by Crippen LogP contribution is 2.39. The monoisotopic (exact) mass is 185 g/mol. The lowest BCUT2D eigenvalue weighted by atomic mass is 9.71. The Kier molecular flexibility index (Phi) is 1.74. The van der Waals surface area contributed by atoms with Gasteiger partial charge in [-0.05, 0) is 29.9 Å². The van der Waals surface area contributed by atoms with Crippen molar-refractivity contribution in [3.8, 4) is 0 Å². The van der Waals surface area contributed by atoms with E-state index >= 15 is 0 Å². The van der Waals surface area contributed by atoms with Crippen LogP contribution in [0.25, 0.3) is 0 Å². The van der Waals surface area contributed by atoms with Gasteiger partial charge in [-0.25, -0.2) is 0 Å². The van der Waals surface area contributed by atoms with Crippen molar-refractivity contribution in [3.63, 3.8) is 0 Å². The highest BCUT2D eigenvalue weighted by atomic mass is 14.7. The Labute approximate surface area is 84.6 Å². The summed E-state index contributed by atoms with van der Waals surface area (Å²) in [5.41, 5.74) is 9.08. The number of benzene rings is 1. The van der Waals surface area contributed by atoms with Gasteiger partial charge in [0.2, 0.25) is 0 Å². The molecule has 0 fully saturated rings. The first-order valence-corrected chi connectivity index (χ1v) is 5.36. The summed E-state index contributed by atoms with van der Waals surface area (Å²) in [5, 5.41) is 0. The largest absolute Gasteiger partial charge is 0.324 e. The molecule has 0 aromatic heterocycles. The Balaban J connectivity index is 2.09. The lowest BCUT2D eigenvalue weighted by Crippen LogP contribution is -2.36. The minimum Gasteiger partial charge on any atom is -0.324 e. The summed E-state index contributed by atoms with van der Waals surface area (Å²) in [6, 6.07) is 9.06. The summed E-state index contributed by atoms with van der Waals surface area (Å²) >= 11 is 0. The smallest absolute Gasteiger partial charge is 0.0256 e. The van der Waals surface area contributed by atoms with E-state index in [1.165, 1.54) is 17.5 Å². The molecule has 1 aromatic rings. The molecule has 0 spiro atoms. The summed E-state index contributed by atoms with van der Waals surface area (Å²) in [5.74, 6) is 1.30. The molecule has 1 heteroatoms. The van der Waals surface area contributed by atoms with Crippen LogP contribution in [-0.4, -0.2) is 6.04 Å². The van der Waals surface area contributed by atoms with Crippen LogP contribution in [0.3, 0.4) is 0 Å². The summed E-state index contributed by atoms with van der Waals surface area (Å²) in [4.78, 5) is 0. The van der Waals surface area contributed by atoms with E-state index in [1.807, 2.05) is 0 Å². The van der Waals surface area contributed by atoms with Crippen LogP contribution in [0.15, 0.2) is 36.4 Å². The minimum absolute atomic E-state index is 0.277. The van der Waals surface area contributed by atoms with Crippen LogP contribution in [0.4, 0.5) is 0 Å².